The fourth-order valence-corrected chi connectivity index (χ4v) is 2.37. The molecule has 0 aromatic carbocycles. The highest BCUT2D eigenvalue weighted by Gasteiger charge is 2.27. The van der Waals surface area contributed by atoms with Crippen LogP contribution in [0.4, 0.5) is 8.78 Å². The van der Waals surface area contributed by atoms with Crippen molar-refractivity contribution in [2.24, 2.45) is 7.05 Å². The Morgan fingerprint density at radius 3 is 2.41 bits per heavy atom. The Hall–Kier alpha value is -2.49. The summed E-state index contributed by atoms with van der Waals surface area (Å²) >= 11 is 0. The molecule has 0 spiro atoms. The Morgan fingerprint density at radius 1 is 1.36 bits per heavy atom. The van der Waals surface area contributed by atoms with Crippen molar-refractivity contribution in [3.8, 4) is 17.5 Å². The zero-order valence-electron chi connectivity index (χ0n) is 12.1. The van der Waals surface area contributed by atoms with E-state index >= 15 is 0 Å². The summed E-state index contributed by atoms with van der Waals surface area (Å²) in [6.45, 7) is 4.60. The van der Waals surface area contributed by atoms with Crippen LogP contribution in [0.3, 0.4) is 0 Å². The molecule has 0 N–H and O–H groups in total. The lowest BCUT2D eigenvalue weighted by Gasteiger charge is -2.12. The summed E-state index contributed by atoms with van der Waals surface area (Å²) in [7, 11) is 1.60. The molecule has 0 aliphatic carbocycles. The second kappa shape index (κ2) is 6.10. The number of pyridine rings is 1. The summed E-state index contributed by atoms with van der Waals surface area (Å²) in [6, 6.07) is 3.30. The van der Waals surface area contributed by atoms with Crippen molar-refractivity contribution in [1.82, 2.24) is 9.78 Å². The first kappa shape index (κ1) is 17.6. The minimum absolute atomic E-state index is 0. The van der Waals surface area contributed by atoms with Crippen LogP contribution >= 0.6 is 0 Å². The van der Waals surface area contributed by atoms with Crippen molar-refractivity contribution in [2.45, 2.75) is 34.6 Å². The Bertz CT molecular complexity index is 760. The molecule has 0 amide bonds. The highest BCUT2D eigenvalue weighted by Crippen LogP contribution is 2.28. The average Bonchev–Trinajstić information content (AvgIpc) is 2.68. The van der Waals surface area contributed by atoms with Gasteiger partial charge in [-0.05, 0) is 19.9 Å². The van der Waals surface area contributed by atoms with Gasteiger partial charge in [0.1, 0.15) is 11.8 Å². The normalized spacial score (nSPS) is 10.5. The van der Waals surface area contributed by atoms with Crippen molar-refractivity contribution < 1.29 is 13.5 Å². The second-order valence-corrected chi connectivity index (χ2v) is 4.87. The molecular formula is C15H18F2N4O. The minimum atomic E-state index is -2.71. The number of nitrogens with zero attached hydrogens (tertiary/aromatic N) is 4. The smallest absolute Gasteiger partial charge is 0.269 e. The van der Waals surface area contributed by atoms with Gasteiger partial charge >= 0.3 is 0 Å². The van der Waals surface area contributed by atoms with E-state index in [-0.39, 0.29) is 24.4 Å². The zero-order chi connectivity index (χ0) is 15.9. The lowest BCUT2D eigenvalue weighted by Crippen LogP contribution is -2.35. The van der Waals surface area contributed by atoms with Crippen molar-refractivity contribution in [3.05, 3.63) is 39.4 Å². The fraction of sp³-hybridized carbons (Fsp3) is 0.400. The van der Waals surface area contributed by atoms with E-state index in [0.717, 1.165) is 0 Å². The highest BCUT2D eigenvalue weighted by molar-refractivity contribution is 5.62. The van der Waals surface area contributed by atoms with Crippen LogP contribution in [0.5, 0.6) is 0 Å². The van der Waals surface area contributed by atoms with E-state index in [1.54, 1.807) is 20.9 Å². The van der Waals surface area contributed by atoms with Crippen LogP contribution in [0.25, 0.3) is 11.4 Å². The molecule has 2 rings (SSSR count). The molecule has 2 heterocycles. The Kier molecular flexibility index (Phi) is 4.87. The molecule has 0 aliphatic heterocycles. The van der Waals surface area contributed by atoms with Crippen LogP contribution in [0, 0.1) is 37.3 Å². The fourth-order valence-electron chi connectivity index (χ4n) is 2.37. The van der Waals surface area contributed by atoms with E-state index in [2.05, 4.69) is 5.10 Å². The summed E-state index contributed by atoms with van der Waals surface area (Å²) in [5.41, 5.74) is 1.47. The van der Waals surface area contributed by atoms with Crippen molar-refractivity contribution >= 4 is 0 Å². The van der Waals surface area contributed by atoms with Gasteiger partial charge in [0.25, 0.3) is 6.43 Å². The largest absolute Gasteiger partial charge is 0.618 e. The van der Waals surface area contributed by atoms with Gasteiger partial charge in [0.05, 0.1) is 5.56 Å². The number of rotatable bonds is 2. The Balaban J connectivity index is 0.00000242. The maximum atomic E-state index is 12.9. The number of aryl methyl sites for hydroxylation is 2. The van der Waals surface area contributed by atoms with Gasteiger partial charge in [0.2, 0.25) is 5.69 Å². The molecule has 5 nitrogen and oxygen atoms in total. The summed E-state index contributed by atoms with van der Waals surface area (Å²) in [5, 5.41) is 25.6. The van der Waals surface area contributed by atoms with Gasteiger partial charge in [-0.2, -0.15) is 15.1 Å². The molecule has 0 saturated carbocycles. The van der Waals surface area contributed by atoms with Crippen LogP contribution in [0.1, 0.15) is 41.9 Å². The third-order valence-corrected chi connectivity index (χ3v) is 3.52. The van der Waals surface area contributed by atoms with Gasteiger partial charge in [0, 0.05) is 25.1 Å². The van der Waals surface area contributed by atoms with Crippen LogP contribution in [-0.4, -0.2) is 9.78 Å². The molecule has 0 atom stereocenters. The average molecular weight is 308 g/mol. The maximum Gasteiger partial charge on any atom is 0.269 e. The third-order valence-electron chi connectivity index (χ3n) is 3.52. The van der Waals surface area contributed by atoms with Crippen molar-refractivity contribution in [1.29, 1.82) is 5.26 Å². The standard InChI is InChI=1S/C14H14F2N4O.CH4/c1-7-5-10(14(15)16)9(3)20(21)13(7)12-8(2)11(6-17)19(4)18-12;/h5,14H,1-4H3;1H4. The minimum Gasteiger partial charge on any atom is -0.618 e. The third kappa shape index (κ3) is 2.52. The number of nitriles is 1. The van der Waals surface area contributed by atoms with E-state index in [9.17, 15) is 14.0 Å². The SMILES string of the molecule is C.Cc1cc(C(F)F)c(C)[n+]([O-])c1-c1nn(C)c(C#N)c1C. The second-order valence-electron chi connectivity index (χ2n) is 4.87. The highest BCUT2D eigenvalue weighted by atomic mass is 19.3. The summed E-state index contributed by atoms with van der Waals surface area (Å²) in [5.74, 6) is 0. The van der Waals surface area contributed by atoms with E-state index in [1.165, 1.54) is 17.7 Å². The van der Waals surface area contributed by atoms with Crippen molar-refractivity contribution in [2.75, 3.05) is 0 Å². The van der Waals surface area contributed by atoms with Crippen molar-refractivity contribution in [3.63, 3.8) is 0 Å². The quantitative estimate of drug-likeness (QED) is 0.632. The molecule has 0 saturated heterocycles. The molecule has 2 aromatic heterocycles. The zero-order valence-corrected chi connectivity index (χ0v) is 12.1. The number of aromatic nitrogens is 3. The summed E-state index contributed by atoms with van der Waals surface area (Å²) in [4.78, 5) is 0. The number of alkyl halides is 2. The Labute approximate surface area is 128 Å². The molecule has 0 aliphatic rings. The predicted octanol–water partition coefficient (Wildman–Crippen LogP) is 3.09. The number of hydrogen-bond donors (Lipinski definition) is 0. The van der Waals surface area contributed by atoms with Crippen LogP contribution in [0.15, 0.2) is 6.07 Å². The summed E-state index contributed by atoms with van der Waals surface area (Å²) in [6.07, 6.45) is -2.71. The first-order valence-corrected chi connectivity index (χ1v) is 6.25. The molecule has 0 fully saturated rings. The van der Waals surface area contributed by atoms with Crippen LogP contribution in [-0.2, 0) is 7.05 Å². The molecule has 22 heavy (non-hydrogen) atoms. The van der Waals surface area contributed by atoms with Crippen LogP contribution < -0.4 is 4.73 Å². The first-order chi connectivity index (χ1) is 9.79. The summed E-state index contributed by atoms with van der Waals surface area (Å²) < 4.78 is 27.7. The first-order valence-electron chi connectivity index (χ1n) is 6.25. The lowest BCUT2D eigenvalue weighted by molar-refractivity contribution is -0.602. The van der Waals surface area contributed by atoms with Crippen LogP contribution in [0.2, 0.25) is 0 Å². The molecule has 7 heteroatoms. The molecule has 0 radical (unpaired) electrons. The Morgan fingerprint density at radius 2 is 1.95 bits per heavy atom. The number of halogens is 2. The van der Waals surface area contributed by atoms with Gasteiger partial charge in [-0.25, -0.2) is 8.78 Å². The van der Waals surface area contributed by atoms with Gasteiger partial charge in [-0.3, -0.25) is 4.68 Å². The molecule has 118 valence electrons. The van der Waals surface area contributed by atoms with Gasteiger partial charge < -0.3 is 5.21 Å². The van der Waals surface area contributed by atoms with Gasteiger partial charge in [-0.1, -0.05) is 7.43 Å². The van der Waals surface area contributed by atoms with E-state index in [4.69, 9.17) is 5.26 Å². The molecule has 0 bridgehead atoms. The molecule has 2 aromatic rings. The van der Waals surface area contributed by atoms with E-state index < -0.39 is 6.43 Å². The van der Waals surface area contributed by atoms with E-state index in [1.807, 2.05) is 6.07 Å². The lowest BCUT2D eigenvalue weighted by atomic mass is 10.0. The predicted molar refractivity (Wildman–Crippen MR) is 78.2 cm³/mol. The van der Waals surface area contributed by atoms with Gasteiger partial charge in [-0.15, -0.1) is 0 Å². The maximum absolute atomic E-state index is 12.9. The number of hydrogen-bond acceptors (Lipinski definition) is 3. The topological polar surface area (TPSA) is 68.5 Å². The van der Waals surface area contributed by atoms with E-state index in [0.29, 0.717) is 27.2 Å². The molecular weight excluding hydrogens is 290 g/mol. The van der Waals surface area contributed by atoms with Gasteiger partial charge in [0.15, 0.2) is 11.4 Å². The monoisotopic (exact) mass is 308 g/mol. The molecule has 0 unspecified atom stereocenters.